The van der Waals surface area contributed by atoms with Crippen LogP contribution in [-0.4, -0.2) is 21.0 Å². The van der Waals surface area contributed by atoms with Gasteiger partial charge in [0, 0.05) is 23.7 Å². The zero-order valence-electron chi connectivity index (χ0n) is 14.5. The Labute approximate surface area is 147 Å². The van der Waals surface area contributed by atoms with Gasteiger partial charge in [0.2, 0.25) is 0 Å². The molecule has 2 N–H and O–H groups in total. The van der Waals surface area contributed by atoms with Gasteiger partial charge in [-0.05, 0) is 31.9 Å². The number of para-hydroxylation sites is 1. The third-order valence-corrected chi connectivity index (χ3v) is 4.69. The Hall–Kier alpha value is -2.69. The summed E-state index contributed by atoms with van der Waals surface area (Å²) < 4.78 is 0. The summed E-state index contributed by atoms with van der Waals surface area (Å²) >= 11 is 0. The van der Waals surface area contributed by atoms with Crippen molar-refractivity contribution in [2.45, 2.75) is 45.1 Å². The van der Waals surface area contributed by atoms with E-state index in [1.54, 1.807) is 0 Å². The molecule has 4 rings (SSSR count). The molecule has 5 heteroatoms. The van der Waals surface area contributed by atoms with Crippen LogP contribution in [-0.2, 0) is 0 Å². The lowest BCUT2D eigenvalue weighted by atomic mass is 9.95. The van der Waals surface area contributed by atoms with E-state index in [9.17, 15) is 0 Å². The van der Waals surface area contributed by atoms with Gasteiger partial charge in [-0.15, -0.1) is 0 Å². The monoisotopic (exact) mass is 333 g/mol. The Kier molecular flexibility index (Phi) is 4.46. The van der Waals surface area contributed by atoms with Gasteiger partial charge in [-0.25, -0.2) is 9.97 Å². The van der Waals surface area contributed by atoms with Gasteiger partial charge in [0.25, 0.3) is 0 Å². The smallest absolute Gasteiger partial charge is 0.136 e. The molecule has 0 aliphatic heterocycles. The second kappa shape index (κ2) is 7.05. The van der Waals surface area contributed by atoms with Gasteiger partial charge in [-0.2, -0.15) is 0 Å². The molecule has 0 radical (unpaired) electrons. The second-order valence-electron chi connectivity index (χ2n) is 6.67. The molecule has 0 unspecified atom stereocenters. The van der Waals surface area contributed by atoms with Gasteiger partial charge >= 0.3 is 0 Å². The van der Waals surface area contributed by atoms with E-state index < -0.39 is 0 Å². The summed E-state index contributed by atoms with van der Waals surface area (Å²) in [5, 5.41) is 8.10. The summed E-state index contributed by atoms with van der Waals surface area (Å²) in [6, 6.07) is 12.7. The van der Waals surface area contributed by atoms with Crippen LogP contribution in [0.2, 0.25) is 0 Å². The highest BCUT2D eigenvalue weighted by molar-refractivity contribution is 5.91. The summed E-state index contributed by atoms with van der Waals surface area (Å²) in [6.07, 6.45) is 8.21. The molecule has 0 bridgehead atoms. The number of benzene rings is 1. The number of aromatic nitrogens is 3. The lowest BCUT2D eigenvalue weighted by Crippen LogP contribution is -2.23. The van der Waals surface area contributed by atoms with Crippen LogP contribution >= 0.6 is 0 Å². The van der Waals surface area contributed by atoms with Crippen molar-refractivity contribution < 1.29 is 0 Å². The van der Waals surface area contributed by atoms with Crippen LogP contribution in [0.4, 0.5) is 17.3 Å². The molecule has 2 heterocycles. The normalized spacial score (nSPS) is 15.2. The zero-order chi connectivity index (χ0) is 17.1. The lowest BCUT2D eigenvalue weighted by molar-refractivity contribution is 0.462. The maximum absolute atomic E-state index is 4.55. The van der Waals surface area contributed by atoms with Gasteiger partial charge in [0.1, 0.15) is 17.5 Å². The highest BCUT2D eigenvalue weighted by atomic mass is 15.1. The van der Waals surface area contributed by atoms with Crippen LogP contribution in [0.25, 0.3) is 10.9 Å². The first-order chi connectivity index (χ1) is 12.3. The minimum absolute atomic E-state index is 0.523. The molecule has 2 aromatic heterocycles. The van der Waals surface area contributed by atoms with Crippen molar-refractivity contribution >= 4 is 28.2 Å². The van der Waals surface area contributed by atoms with Gasteiger partial charge in [-0.3, -0.25) is 4.98 Å². The zero-order valence-corrected chi connectivity index (χ0v) is 14.5. The maximum Gasteiger partial charge on any atom is 0.136 e. The van der Waals surface area contributed by atoms with Crippen LogP contribution in [0.3, 0.4) is 0 Å². The van der Waals surface area contributed by atoms with E-state index in [-0.39, 0.29) is 0 Å². The van der Waals surface area contributed by atoms with E-state index in [4.69, 9.17) is 0 Å². The molecule has 1 fully saturated rings. The standard InChI is InChI=1S/C20H23N5/c1-14-22-18(24-16-9-3-2-4-10-16)13-19(23-14)25-17-11-5-7-15-8-6-12-21-20(15)17/h5-8,11-13,16H,2-4,9-10H2,1H3,(H2,22,23,24,25). The molecule has 0 amide bonds. The number of aryl methyl sites for hydroxylation is 1. The van der Waals surface area contributed by atoms with Crippen LogP contribution in [0.1, 0.15) is 37.9 Å². The second-order valence-corrected chi connectivity index (χ2v) is 6.67. The van der Waals surface area contributed by atoms with Crippen molar-refractivity contribution in [3.8, 4) is 0 Å². The number of pyridine rings is 1. The third kappa shape index (κ3) is 3.71. The predicted octanol–water partition coefficient (Wildman–Crippen LogP) is 4.82. The Bertz CT molecular complexity index is 866. The Morgan fingerprint density at radius 2 is 1.76 bits per heavy atom. The quantitative estimate of drug-likeness (QED) is 0.716. The number of fused-ring (bicyclic) bond motifs is 1. The number of nitrogens with one attached hydrogen (secondary N) is 2. The van der Waals surface area contributed by atoms with E-state index >= 15 is 0 Å². The number of hydrogen-bond acceptors (Lipinski definition) is 5. The molecule has 0 atom stereocenters. The molecule has 0 saturated heterocycles. The molecule has 1 aliphatic rings. The molecule has 1 aliphatic carbocycles. The van der Waals surface area contributed by atoms with Crippen LogP contribution < -0.4 is 10.6 Å². The molecular formula is C20H23N5. The molecular weight excluding hydrogens is 310 g/mol. The minimum atomic E-state index is 0.523. The van der Waals surface area contributed by atoms with Crippen molar-refractivity contribution in [2.75, 3.05) is 10.6 Å². The molecule has 25 heavy (non-hydrogen) atoms. The number of rotatable bonds is 4. The van der Waals surface area contributed by atoms with Gasteiger partial charge < -0.3 is 10.6 Å². The largest absolute Gasteiger partial charge is 0.367 e. The van der Waals surface area contributed by atoms with Crippen LogP contribution in [0.5, 0.6) is 0 Å². The molecule has 3 aromatic rings. The molecule has 0 spiro atoms. The van der Waals surface area contributed by atoms with E-state index in [0.29, 0.717) is 6.04 Å². The molecule has 1 saturated carbocycles. The average Bonchev–Trinajstić information content (AvgIpc) is 2.62. The first kappa shape index (κ1) is 15.8. The summed E-state index contributed by atoms with van der Waals surface area (Å²) in [4.78, 5) is 13.6. The summed E-state index contributed by atoms with van der Waals surface area (Å²) in [5.74, 6) is 2.45. The third-order valence-electron chi connectivity index (χ3n) is 4.69. The topological polar surface area (TPSA) is 62.7 Å². The summed E-state index contributed by atoms with van der Waals surface area (Å²) in [7, 11) is 0. The van der Waals surface area contributed by atoms with Crippen LogP contribution in [0, 0.1) is 6.92 Å². The summed E-state index contributed by atoms with van der Waals surface area (Å²) in [5.41, 5.74) is 1.91. The highest BCUT2D eigenvalue weighted by Crippen LogP contribution is 2.26. The van der Waals surface area contributed by atoms with Gasteiger partial charge in [0.15, 0.2) is 0 Å². The first-order valence-electron chi connectivity index (χ1n) is 9.01. The van der Waals surface area contributed by atoms with Crippen molar-refractivity contribution in [2.24, 2.45) is 0 Å². The minimum Gasteiger partial charge on any atom is -0.367 e. The number of hydrogen-bond donors (Lipinski definition) is 2. The summed E-state index contributed by atoms with van der Waals surface area (Å²) in [6.45, 7) is 1.93. The Balaban J connectivity index is 1.59. The number of anilines is 3. The van der Waals surface area contributed by atoms with Gasteiger partial charge in [0.05, 0.1) is 11.2 Å². The van der Waals surface area contributed by atoms with E-state index in [1.807, 2.05) is 37.4 Å². The fourth-order valence-corrected chi connectivity index (χ4v) is 3.50. The highest BCUT2D eigenvalue weighted by Gasteiger charge is 2.14. The number of nitrogens with zero attached hydrogens (tertiary/aromatic N) is 3. The Morgan fingerprint density at radius 3 is 2.64 bits per heavy atom. The first-order valence-corrected chi connectivity index (χ1v) is 9.01. The Morgan fingerprint density at radius 1 is 0.960 bits per heavy atom. The lowest BCUT2D eigenvalue weighted by Gasteiger charge is -2.23. The van der Waals surface area contributed by atoms with Crippen molar-refractivity contribution in [1.29, 1.82) is 0 Å². The van der Waals surface area contributed by atoms with Gasteiger partial charge in [-0.1, -0.05) is 37.5 Å². The molecule has 1 aromatic carbocycles. The maximum atomic E-state index is 4.55. The SMILES string of the molecule is Cc1nc(Nc2cccc3cccnc23)cc(NC2CCCCC2)n1. The van der Waals surface area contributed by atoms with E-state index in [2.05, 4.69) is 37.7 Å². The average molecular weight is 333 g/mol. The molecule has 5 nitrogen and oxygen atoms in total. The van der Waals surface area contributed by atoms with Crippen molar-refractivity contribution in [1.82, 2.24) is 15.0 Å². The van der Waals surface area contributed by atoms with E-state index in [0.717, 1.165) is 34.1 Å². The fraction of sp³-hybridized carbons (Fsp3) is 0.350. The van der Waals surface area contributed by atoms with Crippen LogP contribution in [0.15, 0.2) is 42.6 Å². The van der Waals surface area contributed by atoms with E-state index in [1.165, 1.54) is 32.1 Å². The van der Waals surface area contributed by atoms with Crippen molar-refractivity contribution in [3.63, 3.8) is 0 Å². The molecule has 128 valence electrons. The predicted molar refractivity (Wildman–Crippen MR) is 102 cm³/mol. The van der Waals surface area contributed by atoms with Crippen molar-refractivity contribution in [3.05, 3.63) is 48.4 Å². The fourth-order valence-electron chi connectivity index (χ4n) is 3.50.